The van der Waals surface area contributed by atoms with E-state index in [0.717, 1.165) is 17.1 Å². The molecule has 0 saturated heterocycles. The highest BCUT2D eigenvalue weighted by molar-refractivity contribution is 6.03. The van der Waals surface area contributed by atoms with Gasteiger partial charge in [-0.15, -0.1) is 0 Å². The molecule has 0 N–H and O–H groups in total. The van der Waals surface area contributed by atoms with Crippen LogP contribution >= 0.6 is 0 Å². The van der Waals surface area contributed by atoms with Crippen LogP contribution in [0.3, 0.4) is 0 Å². The fourth-order valence-electron chi connectivity index (χ4n) is 6.22. The number of anilines is 3. The van der Waals surface area contributed by atoms with Gasteiger partial charge in [0, 0.05) is 70.5 Å². The second-order valence-corrected chi connectivity index (χ2v) is 11.4. The Morgan fingerprint density at radius 1 is 0.558 bits per heavy atom. The average Bonchev–Trinajstić information content (AvgIpc) is 3.49. The Bertz CT molecular complexity index is 1850. The minimum absolute atomic E-state index is 0.185. The highest BCUT2D eigenvalue weighted by Crippen LogP contribution is 2.66. The Labute approximate surface area is 253 Å². The van der Waals surface area contributed by atoms with Gasteiger partial charge in [-0.3, -0.25) is 0 Å². The quantitative estimate of drug-likeness (QED) is 0.360. The number of fused-ring (bicyclic) bond motifs is 1. The second kappa shape index (κ2) is 10.6. The first-order valence-corrected chi connectivity index (χ1v) is 13.8. The number of benzene rings is 3. The number of nitrogens with zero attached hydrogens (tertiary/aromatic N) is 7. The fraction of sp³-hybridized carbons (Fsp3) is 0.222. The van der Waals surface area contributed by atoms with E-state index in [1.807, 2.05) is 136 Å². The SMILES string of the molecule is CN(C)c1ccc(C2=C[C@]3(c4ccc(N(C)C)cc4)C(C#N)=C(c4ccc(N(C)C)cc4)C(C#N)=C3C2(C#N)C#N)cc1. The van der Waals surface area contributed by atoms with Crippen molar-refractivity contribution in [2.24, 2.45) is 5.41 Å². The first-order valence-electron chi connectivity index (χ1n) is 13.8. The molecule has 7 nitrogen and oxygen atoms in total. The maximum atomic E-state index is 10.9. The molecule has 43 heavy (non-hydrogen) atoms. The van der Waals surface area contributed by atoms with Crippen LogP contribution < -0.4 is 14.7 Å². The summed E-state index contributed by atoms with van der Waals surface area (Å²) in [7, 11) is 11.6. The molecule has 0 bridgehead atoms. The number of hydrogen-bond acceptors (Lipinski definition) is 7. The van der Waals surface area contributed by atoms with Gasteiger partial charge in [-0.1, -0.05) is 42.5 Å². The Morgan fingerprint density at radius 2 is 1.00 bits per heavy atom. The zero-order valence-electron chi connectivity index (χ0n) is 25.1. The van der Waals surface area contributed by atoms with E-state index < -0.39 is 10.8 Å². The zero-order valence-corrected chi connectivity index (χ0v) is 25.1. The monoisotopic (exact) mass is 561 g/mol. The molecule has 3 aromatic carbocycles. The van der Waals surface area contributed by atoms with Gasteiger partial charge in [0.2, 0.25) is 0 Å². The van der Waals surface area contributed by atoms with E-state index in [2.05, 4.69) is 24.3 Å². The molecule has 0 radical (unpaired) electrons. The van der Waals surface area contributed by atoms with Crippen molar-refractivity contribution in [1.82, 2.24) is 0 Å². The molecule has 0 unspecified atom stereocenters. The number of allylic oxidation sites excluding steroid dienone is 6. The zero-order chi connectivity index (χ0) is 31.1. The Kier molecular flexibility index (Phi) is 7.07. The second-order valence-electron chi connectivity index (χ2n) is 11.4. The van der Waals surface area contributed by atoms with Crippen molar-refractivity contribution >= 4 is 28.2 Å². The van der Waals surface area contributed by atoms with E-state index in [0.29, 0.717) is 39.0 Å². The maximum absolute atomic E-state index is 10.9. The van der Waals surface area contributed by atoms with Crippen LogP contribution in [0.15, 0.2) is 95.6 Å². The van der Waals surface area contributed by atoms with Crippen molar-refractivity contribution in [3.8, 4) is 24.3 Å². The highest BCUT2D eigenvalue weighted by atomic mass is 15.1. The van der Waals surface area contributed by atoms with Gasteiger partial charge >= 0.3 is 0 Å². The van der Waals surface area contributed by atoms with Crippen LogP contribution in [-0.4, -0.2) is 42.3 Å². The van der Waals surface area contributed by atoms with Gasteiger partial charge in [0.15, 0.2) is 5.41 Å². The van der Waals surface area contributed by atoms with Gasteiger partial charge < -0.3 is 14.7 Å². The first kappa shape index (κ1) is 28.8. The summed E-state index contributed by atoms with van der Waals surface area (Å²) in [5.74, 6) is 0. The lowest BCUT2D eigenvalue weighted by molar-refractivity contribution is 0.695. The lowest BCUT2D eigenvalue weighted by Gasteiger charge is -2.30. The molecular weight excluding hydrogens is 530 g/mol. The summed E-state index contributed by atoms with van der Waals surface area (Å²) < 4.78 is 0. The van der Waals surface area contributed by atoms with Crippen molar-refractivity contribution < 1.29 is 0 Å². The van der Waals surface area contributed by atoms with E-state index in [1.165, 1.54) is 0 Å². The average molecular weight is 562 g/mol. The third-order valence-corrected chi connectivity index (χ3v) is 8.44. The Morgan fingerprint density at radius 3 is 1.40 bits per heavy atom. The molecule has 0 fully saturated rings. The largest absolute Gasteiger partial charge is 0.378 e. The topological polar surface area (TPSA) is 105 Å². The molecule has 5 rings (SSSR count). The van der Waals surface area contributed by atoms with Crippen LogP contribution in [0.4, 0.5) is 17.1 Å². The summed E-state index contributed by atoms with van der Waals surface area (Å²) in [4.78, 5) is 5.92. The molecular formula is C36H31N7. The minimum atomic E-state index is -1.81. The van der Waals surface area contributed by atoms with E-state index in [-0.39, 0.29) is 5.57 Å². The summed E-state index contributed by atoms with van der Waals surface area (Å²) in [5, 5.41) is 43.4. The van der Waals surface area contributed by atoms with Gasteiger partial charge in [0.25, 0.3) is 0 Å². The molecule has 7 heteroatoms. The van der Waals surface area contributed by atoms with Crippen molar-refractivity contribution in [1.29, 1.82) is 21.0 Å². The highest BCUT2D eigenvalue weighted by Gasteiger charge is 2.62. The smallest absolute Gasteiger partial charge is 0.193 e. The lowest BCUT2D eigenvalue weighted by atomic mass is 9.67. The first-order chi connectivity index (χ1) is 20.6. The summed E-state index contributed by atoms with van der Waals surface area (Å²) in [6.07, 6.45) is 1.88. The number of nitriles is 4. The molecule has 2 aliphatic carbocycles. The summed E-state index contributed by atoms with van der Waals surface area (Å²) >= 11 is 0. The minimum Gasteiger partial charge on any atom is -0.378 e. The van der Waals surface area contributed by atoms with E-state index >= 15 is 0 Å². The van der Waals surface area contributed by atoms with Crippen LogP contribution in [-0.2, 0) is 5.41 Å². The normalized spacial score (nSPS) is 18.1. The molecule has 0 aliphatic heterocycles. The number of hydrogen-bond donors (Lipinski definition) is 0. The Balaban J connectivity index is 1.91. The van der Waals surface area contributed by atoms with E-state index in [4.69, 9.17) is 0 Å². The van der Waals surface area contributed by atoms with E-state index in [1.54, 1.807) is 0 Å². The molecule has 0 saturated carbocycles. The van der Waals surface area contributed by atoms with E-state index in [9.17, 15) is 21.0 Å². The molecule has 0 aromatic heterocycles. The number of rotatable bonds is 6. The van der Waals surface area contributed by atoms with Crippen molar-refractivity contribution in [2.45, 2.75) is 5.41 Å². The molecule has 0 heterocycles. The summed E-state index contributed by atoms with van der Waals surface area (Å²) in [5.41, 5.74) is 3.63. The van der Waals surface area contributed by atoms with Gasteiger partial charge in [0.05, 0.1) is 40.8 Å². The predicted molar refractivity (Wildman–Crippen MR) is 171 cm³/mol. The third kappa shape index (κ3) is 4.15. The van der Waals surface area contributed by atoms with Crippen molar-refractivity contribution in [3.05, 3.63) is 112 Å². The predicted octanol–water partition coefficient (Wildman–Crippen LogP) is 6.06. The Hall–Kier alpha value is -5.76. The van der Waals surface area contributed by atoms with Crippen molar-refractivity contribution in [3.63, 3.8) is 0 Å². The summed E-state index contributed by atoms with van der Waals surface area (Å²) in [6, 6.07) is 32.4. The van der Waals surface area contributed by atoms with Gasteiger partial charge in [-0.2, -0.15) is 21.0 Å². The molecule has 1 atom stereocenters. The molecule has 0 spiro atoms. The van der Waals surface area contributed by atoms with Crippen molar-refractivity contribution in [2.75, 3.05) is 57.0 Å². The molecule has 2 aliphatic rings. The van der Waals surface area contributed by atoms with Crippen LogP contribution in [0.5, 0.6) is 0 Å². The van der Waals surface area contributed by atoms with Gasteiger partial charge in [-0.25, -0.2) is 0 Å². The molecule has 0 amide bonds. The van der Waals surface area contributed by atoms with Gasteiger partial charge in [0.1, 0.15) is 0 Å². The van der Waals surface area contributed by atoms with Gasteiger partial charge in [-0.05, 0) is 58.7 Å². The van der Waals surface area contributed by atoms with Crippen LogP contribution in [0.1, 0.15) is 16.7 Å². The fourth-order valence-corrected chi connectivity index (χ4v) is 6.22. The maximum Gasteiger partial charge on any atom is 0.193 e. The van der Waals surface area contributed by atoms with Crippen LogP contribution in [0.25, 0.3) is 11.1 Å². The molecule has 210 valence electrons. The standard InChI is InChI=1S/C36H31N7/c1-41(2)27-13-7-24(8-14-27)31-19-36(26-11-17-29(18-12-26)43(5)6)32(21-38)33(25-9-15-28(16-10-25)42(3)4)30(20-37)34(36)35(31,22-39)23-40/h7-19H,1-6H3/t36-/m0/s1. The lowest BCUT2D eigenvalue weighted by Crippen LogP contribution is -2.30. The van der Waals surface area contributed by atoms with Crippen LogP contribution in [0, 0.1) is 50.7 Å². The summed E-state index contributed by atoms with van der Waals surface area (Å²) in [6.45, 7) is 0. The molecule has 3 aromatic rings. The van der Waals surface area contributed by atoms with Crippen LogP contribution in [0.2, 0.25) is 0 Å². The third-order valence-electron chi connectivity index (χ3n) is 8.44.